The fourth-order valence-electron chi connectivity index (χ4n) is 2.73. The van der Waals surface area contributed by atoms with Gasteiger partial charge in [0.15, 0.2) is 0 Å². The van der Waals surface area contributed by atoms with Crippen LogP contribution in [0.1, 0.15) is 30.8 Å². The fraction of sp³-hybridized carbons (Fsp3) is 0.467. The van der Waals surface area contributed by atoms with Gasteiger partial charge >= 0.3 is 0 Å². The molecule has 0 radical (unpaired) electrons. The molecule has 2 aromatic rings. The van der Waals surface area contributed by atoms with Crippen LogP contribution in [0.15, 0.2) is 36.1 Å². The molecule has 1 fully saturated rings. The van der Waals surface area contributed by atoms with E-state index in [4.69, 9.17) is 0 Å². The zero-order valence-electron chi connectivity index (χ0n) is 11.7. The molecule has 1 aliphatic heterocycles. The Morgan fingerprint density at radius 1 is 1.25 bits per heavy atom. The zero-order chi connectivity index (χ0) is 13.8. The number of pyridine rings is 1. The average Bonchev–Trinajstić information content (AvgIpc) is 3.03. The maximum Gasteiger partial charge on any atom is 0.109 e. The maximum absolute atomic E-state index is 4.38. The molecule has 1 N–H and O–H groups in total. The SMILES string of the molecule is CC(NC1CCN(c2ccncc2)CC1)c1nccs1. The molecule has 3 heterocycles. The third kappa shape index (κ3) is 3.16. The lowest BCUT2D eigenvalue weighted by molar-refractivity contribution is 0.380. The van der Waals surface area contributed by atoms with E-state index in [0.717, 1.165) is 13.1 Å². The molecule has 0 saturated carbocycles. The van der Waals surface area contributed by atoms with E-state index in [1.807, 2.05) is 24.0 Å². The second-order valence-electron chi connectivity index (χ2n) is 5.23. The van der Waals surface area contributed by atoms with Crippen molar-refractivity contribution in [3.05, 3.63) is 41.1 Å². The summed E-state index contributed by atoms with van der Waals surface area (Å²) in [4.78, 5) is 10.9. The number of nitrogens with one attached hydrogen (secondary N) is 1. The van der Waals surface area contributed by atoms with Gasteiger partial charge in [-0.2, -0.15) is 0 Å². The molecular weight excluding hydrogens is 268 g/mol. The van der Waals surface area contributed by atoms with E-state index >= 15 is 0 Å². The second-order valence-corrected chi connectivity index (χ2v) is 6.15. The number of rotatable bonds is 4. The first kappa shape index (κ1) is 13.5. The molecule has 1 aliphatic rings. The van der Waals surface area contributed by atoms with Crippen molar-refractivity contribution in [2.24, 2.45) is 0 Å². The number of aromatic nitrogens is 2. The van der Waals surface area contributed by atoms with Crippen molar-refractivity contribution in [2.75, 3.05) is 18.0 Å². The van der Waals surface area contributed by atoms with Crippen molar-refractivity contribution in [3.8, 4) is 0 Å². The first-order valence-corrected chi connectivity index (χ1v) is 8.01. The molecule has 0 bridgehead atoms. The number of thiazole rings is 1. The normalized spacial score (nSPS) is 18.1. The molecule has 0 aliphatic carbocycles. The molecule has 1 saturated heterocycles. The monoisotopic (exact) mass is 288 g/mol. The molecule has 2 aromatic heterocycles. The minimum absolute atomic E-state index is 0.354. The lowest BCUT2D eigenvalue weighted by Gasteiger charge is -2.35. The molecule has 3 rings (SSSR count). The van der Waals surface area contributed by atoms with Gasteiger partial charge in [0.25, 0.3) is 0 Å². The summed E-state index contributed by atoms with van der Waals surface area (Å²) in [5.74, 6) is 0. The highest BCUT2D eigenvalue weighted by atomic mass is 32.1. The van der Waals surface area contributed by atoms with Crippen molar-refractivity contribution >= 4 is 17.0 Å². The van der Waals surface area contributed by atoms with Crippen LogP contribution in [0.2, 0.25) is 0 Å². The van der Waals surface area contributed by atoms with Crippen molar-refractivity contribution in [1.82, 2.24) is 15.3 Å². The van der Waals surface area contributed by atoms with Crippen LogP contribution in [0, 0.1) is 0 Å². The number of hydrogen-bond acceptors (Lipinski definition) is 5. The molecule has 106 valence electrons. The van der Waals surface area contributed by atoms with Crippen molar-refractivity contribution in [1.29, 1.82) is 0 Å². The Hall–Kier alpha value is -1.46. The van der Waals surface area contributed by atoms with Crippen LogP contribution < -0.4 is 10.2 Å². The van der Waals surface area contributed by atoms with Crippen LogP contribution in [-0.2, 0) is 0 Å². The Labute approximate surface area is 123 Å². The van der Waals surface area contributed by atoms with Crippen LogP contribution in [0.5, 0.6) is 0 Å². The molecule has 4 nitrogen and oxygen atoms in total. The first-order valence-electron chi connectivity index (χ1n) is 7.13. The summed E-state index contributed by atoms with van der Waals surface area (Å²) >= 11 is 1.73. The van der Waals surface area contributed by atoms with E-state index in [9.17, 15) is 0 Å². The molecule has 0 spiro atoms. The average molecular weight is 288 g/mol. The number of nitrogens with zero attached hydrogens (tertiary/aromatic N) is 3. The summed E-state index contributed by atoms with van der Waals surface area (Å²) in [5, 5.41) is 6.93. The molecule has 5 heteroatoms. The Morgan fingerprint density at radius 2 is 2.00 bits per heavy atom. The number of anilines is 1. The van der Waals surface area contributed by atoms with E-state index in [-0.39, 0.29) is 0 Å². The molecule has 20 heavy (non-hydrogen) atoms. The van der Waals surface area contributed by atoms with Crippen LogP contribution in [-0.4, -0.2) is 29.1 Å². The predicted octanol–water partition coefficient (Wildman–Crippen LogP) is 2.86. The smallest absolute Gasteiger partial charge is 0.109 e. The van der Waals surface area contributed by atoms with Gasteiger partial charge in [-0.3, -0.25) is 4.98 Å². The summed E-state index contributed by atoms with van der Waals surface area (Å²) in [6.07, 6.45) is 7.97. The lowest BCUT2D eigenvalue weighted by Crippen LogP contribution is -2.43. The quantitative estimate of drug-likeness (QED) is 0.939. The van der Waals surface area contributed by atoms with E-state index in [0.29, 0.717) is 12.1 Å². The summed E-state index contributed by atoms with van der Waals surface area (Å²) in [6.45, 7) is 4.41. The Kier molecular flexibility index (Phi) is 4.28. The highest BCUT2D eigenvalue weighted by Crippen LogP contribution is 2.22. The van der Waals surface area contributed by atoms with Crippen molar-refractivity contribution in [3.63, 3.8) is 0 Å². The van der Waals surface area contributed by atoms with E-state index in [1.54, 1.807) is 11.3 Å². The lowest BCUT2D eigenvalue weighted by atomic mass is 10.0. The van der Waals surface area contributed by atoms with E-state index in [1.165, 1.54) is 23.5 Å². The standard InChI is InChI=1S/C15H20N4S/c1-12(15-17-8-11-20-15)18-13-4-9-19(10-5-13)14-2-6-16-7-3-14/h2-3,6-8,11-13,18H,4-5,9-10H2,1H3. The highest BCUT2D eigenvalue weighted by molar-refractivity contribution is 7.09. The number of piperidine rings is 1. The van der Waals surface area contributed by atoms with Crippen molar-refractivity contribution < 1.29 is 0 Å². The van der Waals surface area contributed by atoms with Crippen LogP contribution >= 0.6 is 11.3 Å². The molecular formula is C15H20N4S. The number of hydrogen-bond donors (Lipinski definition) is 1. The molecule has 1 atom stereocenters. The van der Waals surface area contributed by atoms with Crippen molar-refractivity contribution in [2.45, 2.75) is 31.8 Å². The summed E-state index contributed by atoms with van der Waals surface area (Å²) in [6, 6.07) is 5.12. The van der Waals surface area contributed by atoms with Crippen LogP contribution in [0.3, 0.4) is 0 Å². The van der Waals surface area contributed by atoms with Gasteiger partial charge in [-0.1, -0.05) is 0 Å². The molecule has 0 aromatic carbocycles. The van der Waals surface area contributed by atoms with Gasteiger partial charge in [0, 0.05) is 48.8 Å². The van der Waals surface area contributed by atoms with Crippen LogP contribution in [0.4, 0.5) is 5.69 Å². The topological polar surface area (TPSA) is 41.0 Å². The minimum atomic E-state index is 0.354. The second kappa shape index (κ2) is 6.33. The van der Waals surface area contributed by atoms with E-state index < -0.39 is 0 Å². The van der Waals surface area contributed by atoms with Gasteiger partial charge in [0.2, 0.25) is 0 Å². The summed E-state index contributed by atoms with van der Waals surface area (Å²) in [7, 11) is 0. The predicted molar refractivity (Wildman–Crippen MR) is 83.1 cm³/mol. The van der Waals surface area contributed by atoms with Gasteiger partial charge in [-0.15, -0.1) is 11.3 Å². The molecule has 0 amide bonds. The summed E-state index contributed by atoms with van der Waals surface area (Å²) in [5.41, 5.74) is 1.28. The Morgan fingerprint density at radius 3 is 2.65 bits per heavy atom. The maximum atomic E-state index is 4.38. The van der Waals surface area contributed by atoms with Gasteiger partial charge in [-0.05, 0) is 31.9 Å². The minimum Gasteiger partial charge on any atom is -0.371 e. The largest absolute Gasteiger partial charge is 0.371 e. The first-order chi connectivity index (χ1) is 9.83. The third-order valence-electron chi connectivity index (χ3n) is 3.83. The Balaban J connectivity index is 1.51. The zero-order valence-corrected chi connectivity index (χ0v) is 12.5. The highest BCUT2D eigenvalue weighted by Gasteiger charge is 2.21. The third-order valence-corrected chi connectivity index (χ3v) is 4.79. The summed E-state index contributed by atoms with van der Waals surface area (Å²) < 4.78 is 0. The molecule has 1 unspecified atom stereocenters. The van der Waals surface area contributed by atoms with Gasteiger partial charge in [0.05, 0.1) is 6.04 Å². The van der Waals surface area contributed by atoms with Crippen LogP contribution in [0.25, 0.3) is 0 Å². The fourth-order valence-corrected chi connectivity index (χ4v) is 3.39. The van der Waals surface area contributed by atoms with Gasteiger partial charge in [-0.25, -0.2) is 4.98 Å². The van der Waals surface area contributed by atoms with Gasteiger partial charge < -0.3 is 10.2 Å². The van der Waals surface area contributed by atoms with Gasteiger partial charge in [0.1, 0.15) is 5.01 Å². The Bertz CT molecular complexity index is 506. The van der Waals surface area contributed by atoms with E-state index in [2.05, 4.69) is 39.2 Å².